The molecule has 2 nitrogen and oxygen atoms in total. The zero-order valence-electron chi connectivity index (χ0n) is 20.4. The van der Waals surface area contributed by atoms with E-state index in [1.54, 1.807) is 0 Å². The molecule has 0 saturated carbocycles. The molecule has 1 aliphatic carbocycles. The Morgan fingerprint density at radius 2 is 1.31 bits per heavy atom. The Balaban J connectivity index is 1.55. The summed E-state index contributed by atoms with van der Waals surface area (Å²) in [6.45, 7) is 6.69. The Morgan fingerprint density at radius 3 is 1.86 bits per heavy atom. The predicted octanol–water partition coefficient (Wildman–Crippen LogP) is 7.74. The lowest BCUT2D eigenvalue weighted by Crippen LogP contribution is -2.36. The monoisotopic (exact) mass is 464 g/mol. The van der Waals surface area contributed by atoms with Crippen LogP contribution in [0.4, 0.5) is 0 Å². The third kappa shape index (κ3) is 3.46. The average Bonchev–Trinajstić information content (AvgIpc) is 3.58. The molecule has 5 aromatic rings. The van der Waals surface area contributed by atoms with Gasteiger partial charge >= 0.3 is 0 Å². The Morgan fingerprint density at radius 1 is 0.750 bits per heavy atom. The third-order valence-electron chi connectivity index (χ3n) is 7.39. The van der Waals surface area contributed by atoms with Gasteiger partial charge in [0, 0.05) is 11.8 Å². The van der Waals surface area contributed by atoms with Crippen LogP contribution in [0, 0.1) is 0 Å². The summed E-state index contributed by atoms with van der Waals surface area (Å²) in [5.41, 5.74) is 9.97. The molecule has 0 radical (unpaired) electrons. The second kappa shape index (κ2) is 8.98. The van der Waals surface area contributed by atoms with Crippen LogP contribution in [0.1, 0.15) is 46.0 Å². The van der Waals surface area contributed by atoms with Crippen LogP contribution in [-0.4, -0.2) is 9.55 Å². The van der Waals surface area contributed by atoms with Gasteiger partial charge in [0.1, 0.15) is 5.54 Å². The van der Waals surface area contributed by atoms with Crippen LogP contribution < -0.4 is 0 Å². The van der Waals surface area contributed by atoms with Crippen LogP contribution in [0.15, 0.2) is 134 Å². The van der Waals surface area contributed by atoms with Crippen molar-refractivity contribution in [3.8, 4) is 0 Å². The van der Waals surface area contributed by atoms with E-state index >= 15 is 0 Å². The van der Waals surface area contributed by atoms with Crippen molar-refractivity contribution in [2.75, 3.05) is 0 Å². The molecule has 0 saturated heterocycles. The summed E-state index contributed by atoms with van der Waals surface area (Å²) in [6.07, 6.45) is 7.36. The first-order valence-corrected chi connectivity index (χ1v) is 12.4. The lowest BCUT2D eigenvalue weighted by Gasteiger charge is -2.37. The van der Waals surface area contributed by atoms with Gasteiger partial charge in [-0.25, -0.2) is 4.98 Å². The van der Waals surface area contributed by atoms with Crippen LogP contribution in [0.2, 0.25) is 0 Å². The molecule has 36 heavy (non-hydrogen) atoms. The minimum absolute atomic E-state index is 0.577. The summed E-state index contributed by atoms with van der Waals surface area (Å²) in [6, 6.07) is 38.5. The van der Waals surface area contributed by atoms with Crippen molar-refractivity contribution >= 4 is 11.1 Å². The highest BCUT2D eigenvalue weighted by atomic mass is 15.1. The van der Waals surface area contributed by atoms with Crippen molar-refractivity contribution in [3.63, 3.8) is 0 Å². The van der Waals surface area contributed by atoms with E-state index in [0.717, 1.165) is 17.7 Å². The first kappa shape index (κ1) is 22.1. The van der Waals surface area contributed by atoms with Crippen molar-refractivity contribution in [3.05, 3.63) is 173 Å². The first-order valence-electron chi connectivity index (χ1n) is 12.4. The Bertz CT molecular complexity index is 1460. The molecule has 0 fully saturated rings. The standard InChI is InChI=1S/C34H28N2/c1-25-21-22-32-30(25)19-12-20-31(32)26(2)33-23-36(24-35-33)34(27-13-6-3-7-14-27,28-15-8-4-9-16-28)29-17-10-5-11-18-29/h3-21,23-24H,2,22H2,1H3. The summed E-state index contributed by atoms with van der Waals surface area (Å²) in [4.78, 5) is 4.93. The minimum atomic E-state index is -0.577. The molecule has 174 valence electrons. The molecular formula is C34H28N2. The average molecular weight is 465 g/mol. The van der Waals surface area contributed by atoms with Gasteiger partial charge in [-0.2, -0.15) is 0 Å². The summed E-state index contributed by atoms with van der Waals surface area (Å²) >= 11 is 0. The van der Waals surface area contributed by atoms with E-state index in [4.69, 9.17) is 4.98 Å². The highest BCUT2D eigenvalue weighted by Gasteiger charge is 2.38. The maximum atomic E-state index is 4.93. The van der Waals surface area contributed by atoms with Crippen molar-refractivity contribution in [2.45, 2.75) is 18.9 Å². The predicted molar refractivity (Wildman–Crippen MR) is 149 cm³/mol. The maximum absolute atomic E-state index is 4.93. The fourth-order valence-electron chi connectivity index (χ4n) is 5.61. The summed E-state index contributed by atoms with van der Waals surface area (Å²) in [5.74, 6) is 0. The van der Waals surface area contributed by atoms with Crippen molar-refractivity contribution in [1.82, 2.24) is 9.55 Å². The molecular weight excluding hydrogens is 436 g/mol. The number of imidazole rings is 1. The number of fused-ring (bicyclic) bond motifs is 1. The second-order valence-electron chi connectivity index (χ2n) is 9.38. The van der Waals surface area contributed by atoms with E-state index in [9.17, 15) is 0 Å². The summed E-state index contributed by atoms with van der Waals surface area (Å²) in [5, 5.41) is 0. The number of benzene rings is 4. The molecule has 1 aliphatic rings. The molecule has 0 N–H and O–H groups in total. The lowest BCUT2D eigenvalue weighted by molar-refractivity contribution is 0.514. The molecule has 0 spiro atoms. The lowest BCUT2D eigenvalue weighted by atomic mass is 9.76. The SMILES string of the molecule is C=C(c1cn(C(c2ccccc2)(c2ccccc2)c2ccccc2)cn1)c1cccc2c1CC=C2C. The van der Waals surface area contributed by atoms with Gasteiger partial charge in [-0.05, 0) is 52.3 Å². The summed E-state index contributed by atoms with van der Waals surface area (Å²) in [7, 11) is 0. The van der Waals surface area contributed by atoms with Gasteiger partial charge in [0.15, 0.2) is 0 Å². The van der Waals surface area contributed by atoms with Crippen LogP contribution in [0.5, 0.6) is 0 Å². The fourth-order valence-corrected chi connectivity index (χ4v) is 5.61. The van der Waals surface area contributed by atoms with Crippen molar-refractivity contribution in [2.24, 2.45) is 0 Å². The highest BCUT2D eigenvalue weighted by Crippen LogP contribution is 2.41. The number of hydrogen-bond acceptors (Lipinski definition) is 1. The normalized spacial score (nSPS) is 12.8. The second-order valence-corrected chi connectivity index (χ2v) is 9.38. The van der Waals surface area contributed by atoms with Crippen LogP contribution in [-0.2, 0) is 12.0 Å². The van der Waals surface area contributed by atoms with E-state index < -0.39 is 5.54 Å². The Labute approximate surface area is 212 Å². The zero-order valence-corrected chi connectivity index (χ0v) is 20.4. The van der Waals surface area contributed by atoms with Gasteiger partial charge in [-0.3, -0.25) is 0 Å². The van der Waals surface area contributed by atoms with Gasteiger partial charge in [0.05, 0.1) is 12.0 Å². The number of hydrogen-bond donors (Lipinski definition) is 0. The molecule has 0 atom stereocenters. The Kier molecular flexibility index (Phi) is 5.50. The van der Waals surface area contributed by atoms with E-state index in [1.165, 1.54) is 39.0 Å². The molecule has 0 aliphatic heterocycles. The quantitative estimate of drug-likeness (QED) is 0.235. The van der Waals surface area contributed by atoms with E-state index in [1.807, 2.05) is 6.33 Å². The number of rotatable bonds is 6. The van der Waals surface area contributed by atoms with Crippen LogP contribution >= 0.6 is 0 Å². The van der Waals surface area contributed by atoms with Gasteiger partial charge in [0.25, 0.3) is 0 Å². The minimum Gasteiger partial charge on any atom is -0.318 e. The smallest absolute Gasteiger partial charge is 0.121 e. The van der Waals surface area contributed by atoms with Crippen molar-refractivity contribution < 1.29 is 0 Å². The van der Waals surface area contributed by atoms with Gasteiger partial charge in [-0.15, -0.1) is 0 Å². The molecule has 0 unspecified atom stereocenters. The number of nitrogens with zero attached hydrogens (tertiary/aromatic N) is 2. The van der Waals surface area contributed by atoms with Crippen molar-refractivity contribution in [1.29, 1.82) is 0 Å². The van der Waals surface area contributed by atoms with Gasteiger partial charge in [-0.1, -0.05) is 122 Å². The molecule has 1 heterocycles. The molecule has 1 aromatic heterocycles. The third-order valence-corrected chi connectivity index (χ3v) is 7.39. The topological polar surface area (TPSA) is 17.8 Å². The first-order chi connectivity index (χ1) is 17.7. The zero-order chi connectivity index (χ0) is 24.5. The molecule has 0 amide bonds. The van der Waals surface area contributed by atoms with E-state index in [2.05, 4.69) is 140 Å². The largest absolute Gasteiger partial charge is 0.318 e. The maximum Gasteiger partial charge on any atom is 0.121 e. The molecule has 4 aromatic carbocycles. The van der Waals surface area contributed by atoms with Gasteiger partial charge < -0.3 is 4.57 Å². The van der Waals surface area contributed by atoms with Crippen LogP contribution in [0.25, 0.3) is 11.1 Å². The number of allylic oxidation sites excluding steroid dienone is 2. The highest BCUT2D eigenvalue weighted by molar-refractivity contribution is 5.83. The van der Waals surface area contributed by atoms with Crippen LogP contribution in [0.3, 0.4) is 0 Å². The molecule has 0 bridgehead atoms. The molecule has 6 rings (SSSR count). The molecule has 2 heteroatoms. The van der Waals surface area contributed by atoms with E-state index in [0.29, 0.717) is 0 Å². The summed E-state index contributed by atoms with van der Waals surface area (Å²) < 4.78 is 2.25. The number of aromatic nitrogens is 2. The van der Waals surface area contributed by atoms with E-state index in [-0.39, 0.29) is 0 Å². The fraction of sp³-hybridized carbons (Fsp3) is 0.0882. The Hall–Kier alpha value is -4.43. The van der Waals surface area contributed by atoms with Gasteiger partial charge in [0.2, 0.25) is 0 Å².